The van der Waals surface area contributed by atoms with Crippen LogP contribution < -0.4 is 4.90 Å². The molecule has 26 heavy (non-hydrogen) atoms. The maximum Gasteiger partial charge on any atom is 0.243 e. The van der Waals surface area contributed by atoms with Gasteiger partial charge in [-0.15, -0.1) is 0 Å². The molecule has 2 aromatic rings. The topological polar surface area (TPSA) is 57.7 Å². The minimum atomic E-state index is -3.54. The summed E-state index contributed by atoms with van der Waals surface area (Å²) in [7, 11) is -3.54. The summed E-state index contributed by atoms with van der Waals surface area (Å²) >= 11 is 0. The lowest BCUT2D eigenvalue weighted by Crippen LogP contribution is -2.36. The van der Waals surface area contributed by atoms with Crippen molar-refractivity contribution in [3.8, 4) is 0 Å². The number of nitrogens with zero attached hydrogens (tertiary/aromatic N) is 2. The van der Waals surface area contributed by atoms with E-state index < -0.39 is 10.0 Å². The van der Waals surface area contributed by atoms with Crippen LogP contribution >= 0.6 is 0 Å². The highest BCUT2D eigenvalue weighted by Gasteiger charge is 2.28. The van der Waals surface area contributed by atoms with Crippen molar-refractivity contribution >= 4 is 21.6 Å². The third-order valence-electron chi connectivity index (χ3n) is 5.21. The second-order valence-electron chi connectivity index (χ2n) is 6.85. The minimum Gasteiger partial charge on any atom is -0.312 e. The molecule has 5 nitrogen and oxygen atoms in total. The lowest BCUT2D eigenvalue weighted by Gasteiger charge is -2.29. The van der Waals surface area contributed by atoms with Gasteiger partial charge in [0.2, 0.25) is 15.9 Å². The van der Waals surface area contributed by atoms with E-state index in [1.807, 2.05) is 18.2 Å². The molecule has 1 saturated heterocycles. The molecule has 0 spiro atoms. The zero-order chi connectivity index (χ0) is 18.1. The molecule has 6 heteroatoms. The summed E-state index contributed by atoms with van der Waals surface area (Å²) in [5.74, 6) is 0.111. The summed E-state index contributed by atoms with van der Waals surface area (Å²) in [6.07, 6.45) is 3.21. The van der Waals surface area contributed by atoms with Crippen LogP contribution in [-0.4, -0.2) is 31.7 Å². The number of fused-ring (bicyclic) bond motifs is 1. The van der Waals surface area contributed by atoms with Crippen molar-refractivity contribution in [2.45, 2.75) is 37.1 Å². The predicted octanol–water partition coefficient (Wildman–Crippen LogP) is 2.95. The van der Waals surface area contributed by atoms with E-state index in [9.17, 15) is 13.2 Å². The largest absolute Gasteiger partial charge is 0.312 e. The molecule has 0 aliphatic carbocycles. The van der Waals surface area contributed by atoms with Gasteiger partial charge in [-0.1, -0.05) is 24.3 Å². The first-order chi connectivity index (χ1) is 12.6. The van der Waals surface area contributed by atoms with E-state index in [-0.39, 0.29) is 10.8 Å². The van der Waals surface area contributed by atoms with E-state index in [0.717, 1.165) is 30.5 Å². The maximum atomic E-state index is 13.0. The number of amides is 1. The second kappa shape index (κ2) is 6.85. The van der Waals surface area contributed by atoms with Crippen LogP contribution in [0.3, 0.4) is 0 Å². The molecule has 0 unspecified atom stereocenters. The second-order valence-corrected chi connectivity index (χ2v) is 8.79. The van der Waals surface area contributed by atoms with E-state index in [1.165, 1.54) is 9.87 Å². The van der Waals surface area contributed by atoms with Gasteiger partial charge in [-0.3, -0.25) is 4.79 Å². The minimum absolute atomic E-state index is 0.111. The molecule has 0 aromatic heterocycles. The Bertz CT molecular complexity index is 922. The Morgan fingerprint density at radius 1 is 0.808 bits per heavy atom. The average Bonchev–Trinajstić information content (AvgIpc) is 2.68. The molecule has 0 atom stereocenters. The molecular formula is C20H22N2O3S. The summed E-state index contributed by atoms with van der Waals surface area (Å²) in [5, 5.41) is 0. The van der Waals surface area contributed by atoms with Gasteiger partial charge in [0.1, 0.15) is 0 Å². The summed E-state index contributed by atoms with van der Waals surface area (Å²) in [5.41, 5.74) is 3.06. The molecule has 1 amide bonds. The lowest BCUT2D eigenvalue weighted by atomic mass is 10.0. The van der Waals surface area contributed by atoms with Gasteiger partial charge in [-0.2, -0.15) is 4.31 Å². The fraction of sp³-hybridized carbons (Fsp3) is 0.350. The molecule has 0 saturated carbocycles. The van der Waals surface area contributed by atoms with Crippen LogP contribution in [-0.2, 0) is 27.8 Å². The van der Waals surface area contributed by atoms with Gasteiger partial charge in [0, 0.05) is 31.7 Å². The maximum absolute atomic E-state index is 13.0. The number of carbonyl (C=O) groups is 1. The molecule has 2 aliphatic rings. The van der Waals surface area contributed by atoms with Crippen molar-refractivity contribution in [1.29, 1.82) is 0 Å². The Morgan fingerprint density at radius 3 is 2.27 bits per heavy atom. The fourth-order valence-electron chi connectivity index (χ4n) is 3.70. The van der Waals surface area contributed by atoms with Crippen molar-refractivity contribution in [3.05, 3.63) is 59.7 Å². The summed E-state index contributed by atoms with van der Waals surface area (Å²) in [4.78, 5) is 14.1. The van der Waals surface area contributed by atoms with E-state index >= 15 is 0 Å². The number of piperidine rings is 1. The van der Waals surface area contributed by atoms with Crippen molar-refractivity contribution in [1.82, 2.24) is 4.31 Å². The Labute approximate surface area is 154 Å². The van der Waals surface area contributed by atoms with E-state index in [2.05, 4.69) is 6.07 Å². The highest BCUT2D eigenvalue weighted by molar-refractivity contribution is 7.89. The Kier molecular flexibility index (Phi) is 4.54. The SMILES string of the molecule is O=C1CCCCN1c1ccc(S(=O)(=O)N2CCc3ccccc3C2)cc1. The third-order valence-corrected chi connectivity index (χ3v) is 7.06. The highest BCUT2D eigenvalue weighted by Crippen LogP contribution is 2.27. The Hall–Kier alpha value is -2.18. The van der Waals surface area contributed by atoms with Crippen LogP contribution in [0.25, 0.3) is 0 Å². The first kappa shape index (κ1) is 17.2. The fourth-order valence-corrected chi connectivity index (χ4v) is 5.12. The normalized spacial score (nSPS) is 18.6. The predicted molar refractivity (Wildman–Crippen MR) is 100 cm³/mol. The lowest BCUT2D eigenvalue weighted by molar-refractivity contribution is -0.119. The molecule has 4 rings (SSSR count). The van der Waals surface area contributed by atoms with E-state index in [0.29, 0.717) is 26.1 Å². The smallest absolute Gasteiger partial charge is 0.243 e. The Balaban J connectivity index is 1.56. The molecule has 136 valence electrons. The number of rotatable bonds is 3. The van der Waals surface area contributed by atoms with Crippen LogP contribution in [0.4, 0.5) is 5.69 Å². The van der Waals surface area contributed by atoms with E-state index in [1.54, 1.807) is 29.2 Å². The molecule has 0 bridgehead atoms. The molecule has 2 aliphatic heterocycles. The molecular weight excluding hydrogens is 348 g/mol. The molecule has 2 aromatic carbocycles. The van der Waals surface area contributed by atoms with Crippen LogP contribution in [0.15, 0.2) is 53.4 Å². The zero-order valence-electron chi connectivity index (χ0n) is 14.6. The number of anilines is 1. The number of sulfonamides is 1. The van der Waals surface area contributed by atoms with Crippen LogP contribution in [0, 0.1) is 0 Å². The first-order valence-corrected chi connectivity index (χ1v) is 10.5. The summed E-state index contributed by atoms with van der Waals surface area (Å²) in [6, 6.07) is 14.7. The van der Waals surface area contributed by atoms with Crippen LogP contribution in [0.1, 0.15) is 30.4 Å². The molecule has 2 heterocycles. The van der Waals surface area contributed by atoms with Gasteiger partial charge >= 0.3 is 0 Å². The number of carbonyl (C=O) groups excluding carboxylic acids is 1. The molecule has 0 radical (unpaired) electrons. The van der Waals surface area contributed by atoms with Crippen molar-refractivity contribution in [2.75, 3.05) is 18.0 Å². The summed E-state index contributed by atoms with van der Waals surface area (Å²) in [6.45, 7) is 1.60. The zero-order valence-corrected chi connectivity index (χ0v) is 15.4. The van der Waals surface area contributed by atoms with Gasteiger partial charge in [-0.05, 0) is 54.7 Å². The van der Waals surface area contributed by atoms with E-state index in [4.69, 9.17) is 0 Å². The third kappa shape index (κ3) is 3.15. The quantitative estimate of drug-likeness (QED) is 0.835. The van der Waals surface area contributed by atoms with Crippen molar-refractivity contribution in [2.24, 2.45) is 0 Å². The summed E-state index contributed by atoms with van der Waals surface area (Å²) < 4.78 is 27.5. The Morgan fingerprint density at radius 2 is 1.54 bits per heavy atom. The van der Waals surface area contributed by atoms with Crippen LogP contribution in [0.5, 0.6) is 0 Å². The number of hydrogen-bond acceptors (Lipinski definition) is 3. The highest BCUT2D eigenvalue weighted by atomic mass is 32.2. The standard InChI is InChI=1S/C20H22N2O3S/c23-20-7-3-4-13-22(20)18-8-10-19(11-9-18)26(24,25)21-14-12-16-5-1-2-6-17(16)15-21/h1-2,5-6,8-11H,3-4,7,12-15H2. The number of benzene rings is 2. The van der Waals surface area contributed by atoms with Gasteiger partial charge in [0.15, 0.2) is 0 Å². The first-order valence-electron chi connectivity index (χ1n) is 9.03. The number of hydrogen-bond donors (Lipinski definition) is 0. The van der Waals surface area contributed by atoms with Gasteiger partial charge < -0.3 is 4.90 Å². The van der Waals surface area contributed by atoms with Crippen LogP contribution in [0.2, 0.25) is 0 Å². The molecule has 1 fully saturated rings. The van der Waals surface area contributed by atoms with Gasteiger partial charge in [-0.25, -0.2) is 8.42 Å². The average molecular weight is 370 g/mol. The van der Waals surface area contributed by atoms with Gasteiger partial charge in [0.25, 0.3) is 0 Å². The van der Waals surface area contributed by atoms with Gasteiger partial charge in [0.05, 0.1) is 4.90 Å². The van der Waals surface area contributed by atoms with Crippen molar-refractivity contribution < 1.29 is 13.2 Å². The molecule has 0 N–H and O–H groups in total. The monoisotopic (exact) mass is 370 g/mol. The van der Waals surface area contributed by atoms with Crippen molar-refractivity contribution in [3.63, 3.8) is 0 Å².